The normalized spacial score (nSPS) is 10.2. The molecule has 0 aliphatic carbocycles. The Morgan fingerprint density at radius 3 is 2.53 bits per heavy atom. The van der Waals surface area contributed by atoms with Crippen LogP contribution in [0.1, 0.15) is 20.8 Å². The molecule has 4 heteroatoms. The van der Waals surface area contributed by atoms with E-state index in [1.165, 1.54) is 10.4 Å². The molecule has 2 aromatic rings. The zero-order valence-electron chi connectivity index (χ0n) is 9.43. The van der Waals surface area contributed by atoms with E-state index >= 15 is 0 Å². The van der Waals surface area contributed by atoms with Gasteiger partial charge in [0.25, 0.3) is 0 Å². The van der Waals surface area contributed by atoms with Crippen LogP contribution in [0, 0.1) is 6.92 Å². The fourth-order valence-corrected chi connectivity index (χ4v) is 2.34. The molecule has 0 aliphatic rings. The lowest BCUT2D eigenvalue weighted by Crippen LogP contribution is -2.00. The van der Waals surface area contributed by atoms with Gasteiger partial charge in [0, 0.05) is 17.1 Å². The lowest BCUT2D eigenvalue weighted by Gasteiger charge is -2.06. The number of carboxylic acid groups (broad SMARTS) is 1. The first-order chi connectivity index (χ1) is 8.16. The minimum absolute atomic E-state index is 0.308. The number of hydrogen-bond acceptors (Lipinski definition) is 3. The average molecular weight is 247 g/mol. The minimum Gasteiger partial charge on any atom is -0.478 e. The molecule has 1 aromatic carbocycles. The van der Waals surface area contributed by atoms with Gasteiger partial charge in [0.15, 0.2) is 0 Å². The van der Waals surface area contributed by atoms with E-state index in [2.05, 4.69) is 23.7 Å². The Morgan fingerprint density at radius 1 is 1.29 bits per heavy atom. The molecule has 2 N–H and O–H groups in total. The van der Waals surface area contributed by atoms with E-state index in [1.54, 1.807) is 35.6 Å². The number of thiophene rings is 1. The van der Waals surface area contributed by atoms with Crippen LogP contribution in [0.4, 0.5) is 5.69 Å². The highest BCUT2D eigenvalue weighted by Gasteiger charge is 2.02. The van der Waals surface area contributed by atoms with Crippen molar-refractivity contribution in [1.29, 1.82) is 0 Å². The van der Waals surface area contributed by atoms with Gasteiger partial charge in [-0.25, -0.2) is 4.79 Å². The lowest BCUT2D eigenvalue weighted by molar-refractivity contribution is 0.0697. The minimum atomic E-state index is -0.898. The fraction of sp³-hybridized carbons (Fsp3) is 0.154. The van der Waals surface area contributed by atoms with Gasteiger partial charge in [0.05, 0.1) is 5.56 Å². The van der Waals surface area contributed by atoms with Crippen molar-refractivity contribution in [2.75, 3.05) is 5.32 Å². The van der Waals surface area contributed by atoms with Crippen LogP contribution in [-0.2, 0) is 6.54 Å². The summed E-state index contributed by atoms with van der Waals surface area (Å²) in [5.74, 6) is -0.898. The Labute approximate surface area is 104 Å². The monoisotopic (exact) mass is 247 g/mol. The molecule has 0 aliphatic heterocycles. The summed E-state index contributed by atoms with van der Waals surface area (Å²) >= 11 is 1.72. The van der Waals surface area contributed by atoms with E-state index in [0.717, 1.165) is 12.2 Å². The Kier molecular flexibility index (Phi) is 3.44. The molecular weight excluding hydrogens is 234 g/mol. The van der Waals surface area contributed by atoms with Crippen LogP contribution in [0.2, 0.25) is 0 Å². The Bertz CT molecular complexity index is 516. The van der Waals surface area contributed by atoms with Crippen molar-refractivity contribution in [1.82, 2.24) is 0 Å². The summed E-state index contributed by atoms with van der Waals surface area (Å²) in [5, 5.41) is 14.1. The third-order valence-electron chi connectivity index (χ3n) is 2.55. The molecule has 2 rings (SSSR count). The van der Waals surface area contributed by atoms with Crippen molar-refractivity contribution in [3.63, 3.8) is 0 Å². The van der Waals surface area contributed by atoms with E-state index in [4.69, 9.17) is 5.11 Å². The summed E-state index contributed by atoms with van der Waals surface area (Å²) in [5.41, 5.74) is 2.52. The Balaban J connectivity index is 2.00. The van der Waals surface area contributed by atoms with Crippen LogP contribution >= 0.6 is 11.3 Å². The van der Waals surface area contributed by atoms with Crippen LogP contribution in [0.25, 0.3) is 0 Å². The second kappa shape index (κ2) is 5.01. The largest absolute Gasteiger partial charge is 0.478 e. The number of anilines is 1. The van der Waals surface area contributed by atoms with E-state index in [1.807, 2.05) is 0 Å². The summed E-state index contributed by atoms with van der Waals surface area (Å²) in [6.45, 7) is 2.86. The predicted molar refractivity (Wildman–Crippen MR) is 69.8 cm³/mol. The van der Waals surface area contributed by atoms with Crippen LogP contribution < -0.4 is 5.32 Å². The summed E-state index contributed by atoms with van der Waals surface area (Å²) in [6.07, 6.45) is 0. The topological polar surface area (TPSA) is 49.3 Å². The number of aromatic carboxylic acids is 1. The molecule has 1 aromatic heterocycles. The number of nitrogens with one attached hydrogen (secondary N) is 1. The van der Waals surface area contributed by atoms with Crippen LogP contribution in [0.15, 0.2) is 35.7 Å². The number of rotatable bonds is 4. The molecule has 0 amide bonds. The maximum absolute atomic E-state index is 10.7. The molecule has 1 heterocycles. The summed E-state index contributed by atoms with van der Waals surface area (Å²) < 4.78 is 0. The van der Waals surface area contributed by atoms with Crippen LogP contribution in [0.3, 0.4) is 0 Å². The number of hydrogen-bond donors (Lipinski definition) is 2. The number of carbonyl (C=O) groups is 1. The first-order valence-electron chi connectivity index (χ1n) is 5.27. The maximum atomic E-state index is 10.7. The van der Waals surface area contributed by atoms with Gasteiger partial charge in [-0.3, -0.25) is 0 Å². The molecule has 0 fully saturated rings. The van der Waals surface area contributed by atoms with Crippen molar-refractivity contribution < 1.29 is 9.90 Å². The summed E-state index contributed by atoms with van der Waals surface area (Å²) in [4.78, 5) is 12.0. The van der Waals surface area contributed by atoms with E-state index in [0.29, 0.717) is 5.56 Å². The number of benzene rings is 1. The fourth-order valence-electron chi connectivity index (χ4n) is 1.50. The van der Waals surface area contributed by atoms with Gasteiger partial charge in [-0.15, -0.1) is 11.3 Å². The van der Waals surface area contributed by atoms with Crippen molar-refractivity contribution >= 4 is 23.0 Å². The van der Waals surface area contributed by atoms with Crippen molar-refractivity contribution in [3.05, 3.63) is 51.7 Å². The highest BCUT2D eigenvalue weighted by molar-refractivity contribution is 7.10. The number of carboxylic acids is 1. The molecule has 17 heavy (non-hydrogen) atoms. The molecule has 0 radical (unpaired) electrons. The quantitative estimate of drug-likeness (QED) is 0.871. The zero-order chi connectivity index (χ0) is 12.3. The summed E-state index contributed by atoms with van der Waals surface area (Å²) in [7, 11) is 0. The van der Waals surface area contributed by atoms with Crippen molar-refractivity contribution in [2.24, 2.45) is 0 Å². The predicted octanol–water partition coefficient (Wildman–Crippen LogP) is 3.37. The first kappa shape index (κ1) is 11.7. The molecule has 3 nitrogen and oxygen atoms in total. The second-order valence-corrected chi connectivity index (χ2v) is 4.76. The van der Waals surface area contributed by atoms with Gasteiger partial charge in [-0.1, -0.05) is 0 Å². The molecule has 0 spiro atoms. The van der Waals surface area contributed by atoms with Gasteiger partial charge in [-0.05, 0) is 48.2 Å². The molecule has 0 saturated heterocycles. The van der Waals surface area contributed by atoms with Crippen LogP contribution in [0.5, 0.6) is 0 Å². The number of aryl methyl sites for hydroxylation is 1. The Morgan fingerprint density at radius 2 is 2.00 bits per heavy atom. The van der Waals surface area contributed by atoms with E-state index in [-0.39, 0.29) is 0 Å². The second-order valence-electron chi connectivity index (χ2n) is 3.76. The molecule has 0 unspecified atom stereocenters. The smallest absolute Gasteiger partial charge is 0.335 e. The van der Waals surface area contributed by atoms with Gasteiger partial charge in [0.2, 0.25) is 0 Å². The molecule has 88 valence electrons. The highest BCUT2D eigenvalue weighted by Crippen LogP contribution is 2.18. The van der Waals surface area contributed by atoms with Gasteiger partial charge in [0.1, 0.15) is 0 Å². The van der Waals surface area contributed by atoms with Crippen molar-refractivity contribution in [2.45, 2.75) is 13.5 Å². The zero-order valence-corrected chi connectivity index (χ0v) is 10.3. The molecular formula is C13H13NO2S. The standard InChI is InChI=1S/C13H13NO2S/c1-9-6-7-17-12(9)8-14-11-4-2-10(3-5-11)13(15)16/h2-7,14H,8H2,1H3,(H,15,16). The molecule has 0 atom stereocenters. The van der Waals surface area contributed by atoms with Gasteiger partial charge >= 0.3 is 5.97 Å². The molecule has 0 saturated carbocycles. The highest BCUT2D eigenvalue weighted by atomic mass is 32.1. The average Bonchev–Trinajstić information content (AvgIpc) is 2.73. The van der Waals surface area contributed by atoms with E-state index in [9.17, 15) is 4.79 Å². The van der Waals surface area contributed by atoms with Gasteiger partial charge < -0.3 is 10.4 Å². The van der Waals surface area contributed by atoms with E-state index < -0.39 is 5.97 Å². The maximum Gasteiger partial charge on any atom is 0.335 e. The third-order valence-corrected chi connectivity index (χ3v) is 3.58. The SMILES string of the molecule is Cc1ccsc1CNc1ccc(C(=O)O)cc1. The van der Waals surface area contributed by atoms with Crippen LogP contribution in [-0.4, -0.2) is 11.1 Å². The van der Waals surface area contributed by atoms with Crippen molar-refractivity contribution in [3.8, 4) is 0 Å². The first-order valence-corrected chi connectivity index (χ1v) is 6.15. The molecule has 0 bridgehead atoms. The third kappa shape index (κ3) is 2.85. The van der Waals surface area contributed by atoms with Gasteiger partial charge in [-0.2, -0.15) is 0 Å². The summed E-state index contributed by atoms with van der Waals surface area (Å²) in [6, 6.07) is 8.87. The lowest BCUT2D eigenvalue weighted by atomic mass is 10.2. The Hall–Kier alpha value is -1.81.